The van der Waals surface area contributed by atoms with Crippen molar-refractivity contribution in [3.63, 3.8) is 0 Å². The molecule has 8 nitrogen and oxygen atoms in total. The van der Waals surface area contributed by atoms with Crippen LogP contribution in [0.3, 0.4) is 0 Å². The van der Waals surface area contributed by atoms with Gasteiger partial charge in [0.2, 0.25) is 0 Å². The third-order valence-electron chi connectivity index (χ3n) is 4.36. The summed E-state index contributed by atoms with van der Waals surface area (Å²) < 4.78 is 13.3. The molecule has 0 unspecified atom stereocenters. The van der Waals surface area contributed by atoms with Crippen LogP contribution in [0.4, 0.5) is 0 Å². The fourth-order valence-corrected chi connectivity index (χ4v) is 3.74. The van der Waals surface area contributed by atoms with Crippen molar-refractivity contribution in [3.05, 3.63) is 45.1 Å². The van der Waals surface area contributed by atoms with E-state index < -0.39 is 11.2 Å². The molecule has 0 fully saturated rings. The molecular formula is C20H24N4O4S. The van der Waals surface area contributed by atoms with Gasteiger partial charge in [-0.15, -0.1) is 11.8 Å². The zero-order valence-electron chi connectivity index (χ0n) is 17.0. The van der Waals surface area contributed by atoms with Gasteiger partial charge < -0.3 is 9.47 Å². The average Bonchev–Trinajstić information content (AvgIpc) is 2.74. The van der Waals surface area contributed by atoms with E-state index in [2.05, 4.69) is 9.97 Å². The molecule has 2 aromatic heterocycles. The van der Waals surface area contributed by atoms with Crippen LogP contribution in [-0.2, 0) is 18.8 Å². The van der Waals surface area contributed by atoms with E-state index in [1.54, 1.807) is 7.05 Å². The molecule has 9 heteroatoms. The van der Waals surface area contributed by atoms with Crippen molar-refractivity contribution in [3.8, 4) is 17.1 Å². The lowest BCUT2D eigenvalue weighted by atomic mass is 10.2. The topological polar surface area (TPSA) is 88.2 Å². The van der Waals surface area contributed by atoms with Crippen LogP contribution in [-0.4, -0.2) is 44.7 Å². The first kappa shape index (κ1) is 21.1. The molecule has 29 heavy (non-hydrogen) atoms. The number of hydrogen-bond acceptors (Lipinski definition) is 7. The molecule has 0 atom stereocenters. The van der Waals surface area contributed by atoms with Gasteiger partial charge in [-0.3, -0.25) is 13.9 Å². The minimum atomic E-state index is -0.427. The summed E-state index contributed by atoms with van der Waals surface area (Å²) in [6.45, 7) is 5.60. The second-order valence-corrected chi connectivity index (χ2v) is 7.34. The Morgan fingerprint density at radius 1 is 1.00 bits per heavy atom. The van der Waals surface area contributed by atoms with Crippen LogP contribution >= 0.6 is 11.8 Å². The number of aromatic nitrogens is 4. The van der Waals surface area contributed by atoms with Gasteiger partial charge in [0.1, 0.15) is 16.2 Å². The molecule has 3 rings (SSSR count). The normalized spacial score (nSPS) is 11.2. The van der Waals surface area contributed by atoms with Gasteiger partial charge in [-0.2, -0.15) is 0 Å². The molecule has 3 aromatic rings. The van der Waals surface area contributed by atoms with E-state index in [0.717, 1.165) is 15.9 Å². The molecule has 1 aromatic carbocycles. The largest absolute Gasteiger partial charge is 0.494 e. The van der Waals surface area contributed by atoms with E-state index in [0.29, 0.717) is 47.5 Å². The quantitative estimate of drug-likeness (QED) is 0.316. The number of rotatable bonds is 8. The highest BCUT2D eigenvalue weighted by molar-refractivity contribution is 7.99. The van der Waals surface area contributed by atoms with Crippen molar-refractivity contribution in [2.45, 2.75) is 18.9 Å². The molecule has 0 radical (unpaired) electrons. The lowest BCUT2D eigenvalue weighted by molar-refractivity contribution is 0.164. The highest BCUT2D eigenvalue weighted by Crippen LogP contribution is 2.27. The van der Waals surface area contributed by atoms with Crippen molar-refractivity contribution in [2.24, 2.45) is 14.1 Å². The molecule has 0 N–H and O–H groups in total. The minimum Gasteiger partial charge on any atom is -0.494 e. The summed E-state index contributed by atoms with van der Waals surface area (Å²) in [6, 6.07) is 7.41. The number of nitrogens with zero attached hydrogens (tertiary/aromatic N) is 4. The molecule has 0 saturated heterocycles. The predicted octanol–water partition coefficient (Wildman–Crippen LogP) is 2.22. The second kappa shape index (κ2) is 9.23. The van der Waals surface area contributed by atoms with E-state index in [4.69, 9.17) is 9.47 Å². The number of thioether (sulfide) groups is 1. The second-order valence-electron chi connectivity index (χ2n) is 6.26. The van der Waals surface area contributed by atoms with Crippen LogP contribution in [0.15, 0.2) is 38.9 Å². The standard InChI is InChI=1S/C20H24N4O4S/c1-5-27-11-12-29-18-15-17(23(3)20(26)24(4)19(15)25)21-16(22-18)13-7-9-14(10-8-13)28-6-2/h7-10H,5-6,11-12H2,1-4H3. The third-order valence-corrected chi connectivity index (χ3v) is 5.30. The van der Waals surface area contributed by atoms with Crippen LogP contribution in [0.1, 0.15) is 13.8 Å². The van der Waals surface area contributed by atoms with Gasteiger partial charge in [0.25, 0.3) is 5.56 Å². The molecule has 0 aliphatic rings. The van der Waals surface area contributed by atoms with Gasteiger partial charge in [0.05, 0.1) is 13.2 Å². The van der Waals surface area contributed by atoms with Crippen LogP contribution in [0.25, 0.3) is 22.4 Å². The van der Waals surface area contributed by atoms with Crippen molar-refractivity contribution in [2.75, 3.05) is 25.6 Å². The summed E-state index contributed by atoms with van der Waals surface area (Å²) in [4.78, 5) is 34.4. The van der Waals surface area contributed by atoms with Crippen molar-refractivity contribution in [1.82, 2.24) is 19.1 Å². The molecule has 154 valence electrons. The first-order chi connectivity index (χ1) is 14.0. The zero-order valence-corrected chi connectivity index (χ0v) is 17.8. The Hall–Kier alpha value is -2.65. The molecular weight excluding hydrogens is 392 g/mol. The maximum Gasteiger partial charge on any atom is 0.332 e. The molecule has 0 amide bonds. The van der Waals surface area contributed by atoms with E-state index in [-0.39, 0.29) is 0 Å². The average molecular weight is 417 g/mol. The summed E-state index contributed by atoms with van der Waals surface area (Å²) in [5, 5.41) is 0.876. The van der Waals surface area contributed by atoms with Gasteiger partial charge in [-0.1, -0.05) is 0 Å². The maximum atomic E-state index is 12.8. The van der Waals surface area contributed by atoms with Crippen molar-refractivity contribution < 1.29 is 9.47 Å². The smallest absolute Gasteiger partial charge is 0.332 e. The highest BCUT2D eigenvalue weighted by atomic mass is 32.2. The van der Waals surface area contributed by atoms with Gasteiger partial charge in [-0.25, -0.2) is 14.8 Å². The number of ether oxygens (including phenoxy) is 2. The maximum absolute atomic E-state index is 12.8. The van der Waals surface area contributed by atoms with Crippen LogP contribution in [0, 0.1) is 0 Å². The first-order valence-electron chi connectivity index (χ1n) is 9.39. The Bertz CT molecular complexity index is 1120. The lowest BCUT2D eigenvalue weighted by Gasteiger charge is -2.12. The van der Waals surface area contributed by atoms with E-state index in [1.165, 1.54) is 23.4 Å². The Kier molecular flexibility index (Phi) is 6.71. The Labute approximate surface area is 172 Å². The number of aryl methyl sites for hydroxylation is 1. The fourth-order valence-electron chi connectivity index (χ4n) is 2.87. The summed E-state index contributed by atoms with van der Waals surface area (Å²) in [5.41, 5.74) is 0.260. The van der Waals surface area contributed by atoms with Gasteiger partial charge in [0, 0.05) is 32.0 Å². The molecule has 0 saturated carbocycles. The van der Waals surface area contributed by atoms with Crippen molar-refractivity contribution in [1.29, 1.82) is 0 Å². The fraction of sp³-hybridized carbons (Fsp3) is 0.400. The van der Waals surface area contributed by atoms with Gasteiger partial charge >= 0.3 is 5.69 Å². The summed E-state index contributed by atoms with van der Waals surface area (Å²) in [5.74, 6) is 1.83. The summed E-state index contributed by atoms with van der Waals surface area (Å²) in [6.07, 6.45) is 0. The SMILES string of the molecule is CCOCCSc1nc(-c2ccc(OCC)cc2)nc2c1c(=O)n(C)c(=O)n2C. The highest BCUT2D eigenvalue weighted by Gasteiger charge is 2.18. The van der Waals surface area contributed by atoms with Crippen LogP contribution < -0.4 is 16.0 Å². The molecule has 0 bridgehead atoms. The Balaban J connectivity index is 2.16. The predicted molar refractivity (Wildman–Crippen MR) is 114 cm³/mol. The summed E-state index contributed by atoms with van der Waals surface area (Å²) >= 11 is 1.42. The van der Waals surface area contributed by atoms with E-state index >= 15 is 0 Å². The number of benzene rings is 1. The molecule has 0 aliphatic carbocycles. The number of fused-ring (bicyclic) bond motifs is 1. The number of hydrogen-bond donors (Lipinski definition) is 0. The van der Waals surface area contributed by atoms with E-state index in [1.807, 2.05) is 38.1 Å². The third kappa shape index (κ3) is 4.35. The zero-order chi connectivity index (χ0) is 21.0. The molecule has 0 spiro atoms. The Morgan fingerprint density at radius 3 is 2.38 bits per heavy atom. The van der Waals surface area contributed by atoms with Crippen LogP contribution in [0.2, 0.25) is 0 Å². The lowest BCUT2D eigenvalue weighted by Crippen LogP contribution is -2.37. The van der Waals surface area contributed by atoms with Gasteiger partial charge in [0.15, 0.2) is 11.5 Å². The Morgan fingerprint density at radius 2 is 1.72 bits per heavy atom. The first-order valence-corrected chi connectivity index (χ1v) is 10.4. The van der Waals surface area contributed by atoms with Gasteiger partial charge in [-0.05, 0) is 38.1 Å². The molecule has 2 heterocycles. The summed E-state index contributed by atoms with van der Waals surface area (Å²) in [7, 11) is 3.06. The van der Waals surface area contributed by atoms with Crippen molar-refractivity contribution >= 4 is 22.8 Å². The van der Waals surface area contributed by atoms with E-state index in [9.17, 15) is 9.59 Å². The minimum absolute atomic E-state index is 0.316. The monoisotopic (exact) mass is 416 g/mol. The molecule has 0 aliphatic heterocycles. The van der Waals surface area contributed by atoms with Crippen LogP contribution in [0.5, 0.6) is 5.75 Å².